The molecule has 0 spiro atoms. The third kappa shape index (κ3) is 2.09. The molecule has 2 aromatic heterocycles. The fraction of sp³-hybridized carbons (Fsp3) is 0.571. The molecule has 8 heteroatoms. The molecule has 0 aromatic carbocycles. The predicted molar refractivity (Wildman–Crippen MR) is 83.2 cm³/mol. The van der Waals surface area contributed by atoms with Crippen LogP contribution in [-0.2, 0) is 7.05 Å². The molecule has 7 nitrogen and oxygen atoms in total. The van der Waals surface area contributed by atoms with Crippen molar-refractivity contribution < 1.29 is 4.92 Å². The number of nitrogens with zero attached hydrogens (tertiary/aromatic N) is 5. The lowest BCUT2D eigenvalue weighted by molar-refractivity contribution is -0.380. The van der Waals surface area contributed by atoms with E-state index in [-0.39, 0.29) is 9.92 Å². The smallest absolute Gasteiger partial charge is 0.342 e. The van der Waals surface area contributed by atoms with Crippen LogP contribution >= 0.6 is 11.3 Å². The second kappa shape index (κ2) is 5.05. The van der Waals surface area contributed by atoms with Crippen molar-refractivity contribution in [1.29, 1.82) is 0 Å². The lowest BCUT2D eigenvalue weighted by Gasteiger charge is -2.38. The molecule has 0 N–H and O–H groups in total. The second-order valence-electron chi connectivity index (χ2n) is 6.08. The van der Waals surface area contributed by atoms with E-state index < -0.39 is 0 Å². The van der Waals surface area contributed by atoms with Crippen molar-refractivity contribution in [3.05, 3.63) is 34.3 Å². The molecule has 2 aliphatic heterocycles. The maximum atomic E-state index is 10.9. The molecule has 2 aromatic rings. The fourth-order valence-corrected chi connectivity index (χ4v) is 4.85. The summed E-state index contributed by atoms with van der Waals surface area (Å²) in [6.07, 6.45) is 7.67. The van der Waals surface area contributed by atoms with Gasteiger partial charge in [0.15, 0.2) is 5.13 Å². The molecule has 0 saturated carbocycles. The highest BCUT2D eigenvalue weighted by Gasteiger charge is 2.43. The number of anilines is 1. The van der Waals surface area contributed by atoms with Gasteiger partial charge >= 0.3 is 5.00 Å². The number of fused-ring (bicyclic) bond motifs is 2. The van der Waals surface area contributed by atoms with Gasteiger partial charge in [0.25, 0.3) is 0 Å². The number of hydrogen-bond donors (Lipinski definition) is 0. The molecule has 2 aliphatic rings. The van der Waals surface area contributed by atoms with Gasteiger partial charge in [0.2, 0.25) is 0 Å². The summed E-state index contributed by atoms with van der Waals surface area (Å²) in [6, 6.07) is 2.97. The Balaban J connectivity index is 1.58. The van der Waals surface area contributed by atoms with Crippen molar-refractivity contribution >= 4 is 21.5 Å². The van der Waals surface area contributed by atoms with Gasteiger partial charge in [0, 0.05) is 36.9 Å². The van der Waals surface area contributed by atoms with Crippen LogP contribution in [0.2, 0.25) is 0 Å². The van der Waals surface area contributed by atoms with Crippen molar-refractivity contribution in [2.45, 2.75) is 43.7 Å². The summed E-state index contributed by atoms with van der Waals surface area (Å²) in [5, 5.41) is 16.1. The van der Waals surface area contributed by atoms with E-state index in [1.807, 2.05) is 17.9 Å². The molecular weight excluding hydrogens is 302 g/mol. The number of piperidine rings is 1. The van der Waals surface area contributed by atoms with E-state index in [9.17, 15) is 10.1 Å². The highest BCUT2D eigenvalue weighted by molar-refractivity contribution is 7.18. The van der Waals surface area contributed by atoms with Crippen LogP contribution in [0.5, 0.6) is 0 Å². The second-order valence-corrected chi connectivity index (χ2v) is 7.07. The summed E-state index contributed by atoms with van der Waals surface area (Å²) >= 11 is 1.20. The van der Waals surface area contributed by atoms with Crippen molar-refractivity contribution in [3.63, 3.8) is 0 Å². The summed E-state index contributed by atoms with van der Waals surface area (Å²) in [7, 11) is 1.99. The van der Waals surface area contributed by atoms with E-state index in [4.69, 9.17) is 0 Å². The zero-order valence-corrected chi connectivity index (χ0v) is 13.1. The van der Waals surface area contributed by atoms with Gasteiger partial charge in [0.1, 0.15) is 6.20 Å². The van der Waals surface area contributed by atoms with Gasteiger partial charge in [-0.3, -0.25) is 14.8 Å². The Morgan fingerprint density at radius 2 is 2.09 bits per heavy atom. The van der Waals surface area contributed by atoms with Gasteiger partial charge in [-0.05, 0) is 43.1 Å². The number of thiazole rings is 1. The van der Waals surface area contributed by atoms with E-state index in [2.05, 4.69) is 21.0 Å². The van der Waals surface area contributed by atoms with Crippen LogP contribution in [0.3, 0.4) is 0 Å². The Labute approximate surface area is 131 Å². The Hall–Kier alpha value is -1.96. The van der Waals surface area contributed by atoms with Gasteiger partial charge in [-0.25, -0.2) is 4.98 Å². The number of aromatic nitrogens is 3. The van der Waals surface area contributed by atoms with Gasteiger partial charge in [-0.15, -0.1) is 0 Å². The monoisotopic (exact) mass is 319 g/mol. The minimum atomic E-state index is -0.356. The highest BCUT2D eigenvalue weighted by atomic mass is 32.1. The first-order valence-electron chi connectivity index (χ1n) is 7.50. The predicted octanol–water partition coefficient (Wildman–Crippen LogP) is 2.70. The SMILES string of the molecule is Cn1nccc1C1C[C@H]2CC[C@@H](C1)N2c1ncc([N+](=O)[O-])s1. The molecule has 1 unspecified atom stereocenters. The molecule has 0 aliphatic carbocycles. The Morgan fingerprint density at radius 1 is 1.36 bits per heavy atom. The quantitative estimate of drug-likeness (QED) is 0.642. The standard InChI is InChI=1S/C14H17N5O2S/c1-17-12(4-5-16-17)9-6-10-2-3-11(7-9)18(10)14-15-8-13(22-14)19(20)21/h4-5,8-11H,2-3,6-7H2,1H3/t9?,10-,11+. The summed E-state index contributed by atoms with van der Waals surface area (Å²) in [5.41, 5.74) is 1.29. The topological polar surface area (TPSA) is 77.1 Å². The molecular formula is C14H17N5O2S. The number of hydrogen-bond acceptors (Lipinski definition) is 6. The molecule has 0 amide bonds. The van der Waals surface area contributed by atoms with E-state index in [0.717, 1.165) is 30.8 Å². The van der Waals surface area contributed by atoms with E-state index >= 15 is 0 Å². The van der Waals surface area contributed by atoms with Crippen LogP contribution in [0.15, 0.2) is 18.5 Å². The lowest BCUT2D eigenvalue weighted by atomic mass is 9.88. The van der Waals surface area contributed by atoms with Crippen molar-refractivity contribution in [1.82, 2.24) is 14.8 Å². The number of nitro groups is 1. The third-order valence-corrected chi connectivity index (χ3v) is 5.85. The van der Waals surface area contributed by atoms with E-state index in [0.29, 0.717) is 18.0 Å². The van der Waals surface area contributed by atoms with Crippen LogP contribution in [0.1, 0.15) is 37.3 Å². The summed E-state index contributed by atoms with van der Waals surface area (Å²) in [4.78, 5) is 17.1. The van der Waals surface area contributed by atoms with Crippen LogP contribution in [0.4, 0.5) is 10.1 Å². The minimum Gasteiger partial charge on any atom is -0.342 e. The zero-order valence-electron chi connectivity index (χ0n) is 12.3. The van der Waals surface area contributed by atoms with Crippen molar-refractivity contribution in [2.75, 3.05) is 4.90 Å². The summed E-state index contributed by atoms with van der Waals surface area (Å²) < 4.78 is 1.97. The summed E-state index contributed by atoms with van der Waals surface area (Å²) in [6.45, 7) is 0. The van der Waals surface area contributed by atoms with Crippen LogP contribution in [-0.4, -0.2) is 31.8 Å². The van der Waals surface area contributed by atoms with Crippen LogP contribution in [0.25, 0.3) is 0 Å². The first kappa shape index (κ1) is 13.7. The van der Waals surface area contributed by atoms with Crippen molar-refractivity contribution in [3.8, 4) is 0 Å². The Bertz CT molecular complexity index is 698. The molecule has 0 radical (unpaired) electrons. The molecule has 3 atom stereocenters. The van der Waals surface area contributed by atoms with Gasteiger partial charge in [0.05, 0.1) is 4.92 Å². The highest BCUT2D eigenvalue weighted by Crippen LogP contribution is 2.46. The van der Waals surface area contributed by atoms with Gasteiger partial charge < -0.3 is 4.90 Å². The molecule has 116 valence electrons. The van der Waals surface area contributed by atoms with Crippen LogP contribution < -0.4 is 4.90 Å². The first-order chi connectivity index (χ1) is 10.6. The van der Waals surface area contributed by atoms with Crippen LogP contribution in [0, 0.1) is 10.1 Å². The molecule has 2 bridgehead atoms. The number of rotatable bonds is 3. The van der Waals surface area contributed by atoms with E-state index in [1.54, 1.807) is 0 Å². The maximum absolute atomic E-state index is 10.9. The fourth-order valence-electron chi connectivity index (χ4n) is 3.98. The van der Waals surface area contributed by atoms with Crippen molar-refractivity contribution in [2.24, 2.45) is 7.05 Å². The average molecular weight is 319 g/mol. The van der Waals surface area contributed by atoms with Gasteiger partial charge in [-0.1, -0.05) is 0 Å². The van der Waals surface area contributed by atoms with E-state index in [1.165, 1.54) is 23.2 Å². The average Bonchev–Trinajstić information content (AvgIpc) is 3.17. The maximum Gasteiger partial charge on any atom is 0.345 e. The Morgan fingerprint density at radius 3 is 2.64 bits per heavy atom. The molecule has 22 heavy (non-hydrogen) atoms. The lowest BCUT2D eigenvalue weighted by Crippen LogP contribution is -2.42. The molecule has 2 fully saturated rings. The normalized spacial score (nSPS) is 27.3. The third-order valence-electron chi connectivity index (χ3n) is 4.89. The summed E-state index contributed by atoms with van der Waals surface area (Å²) in [5.74, 6) is 0.524. The largest absolute Gasteiger partial charge is 0.345 e. The number of aryl methyl sites for hydroxylation is 1. The molecule has 2 saturated heterocycles. The molecule has 4 heterocycles. The zero-order chi connectivity index (χ0) is 15.3. The molecule has 4 rings (SSSR count). The first-order valence-corrected chi connectivity index (χ1v) is 8.31. The van der Waals surface area contributed by atoms with Gasteiger partial charge in [-0.2, -0.15) is 5.10 Å². The minimum absolute atomic E-state index is 0.128. The Kier molecular flexibility index (Phi) is 3.14.